The van der Waals surface area contributed by atoms with Gasteiger partial charge in [-0.15, -0.1) is 0 Å². The molecular formula is C30H40FN7. The minimum atomic E-state index is -0.215. The lowest BCUT2D eigenvalue weighted by molar-refractivity contribution is 0.268. The number of aliphatic imine (C=N–C) groups is 2. The molecule has 0 amide bonds. The topological polar surface area (TPSA) is 49.7 Å². The van der Waals surface area contributed by atoms with E-state index in [0.29, 0.717) is 12.4 Å². The van der Waals surface area contributed by atoms with Crippen LogP contribution in [0.25, 0.3) is 0 Å². The summed E-state index contributed by atoms with van der Waals surface area (Å²) >= 11 is 0. The Morgan fingerprint density at radius 2 is 1.95 bits per heavy atom. The smallest absolute Gasteiger partial charge is 0.179 e. The molecule has 0 aliphatic carbocycles. The highest BCUT2D eigenvalue weighted by molar-refractivity contribution is 6.05. The van der Waals surface area contributed by atoms with Crippen LogP contribution in [-0.2, 0) is 6.54 Å². The summed E-state index contributed by atoms with van der Waals surface area (Å²) in [6, 6.07) is 12.9. The summed E-state index contributed by atoms with van der Waals surface area (Å²) in [5.74, 6) is 0.430. The predicted molar refractivity (Wildman–Crippen MR) is 156 cm³/mol. The van der Waals surface area contributed by atoms with E-state index >= 15 is 0 Å². The zero-order valence-electron chi connectivity index (χ0n) is 22.9. The lowest BCUT2D eigenvalue weighted by Crippen LogP contribution is -2.39. The molecule has 2 aromatic carbocycles. The summed E-state index contributed by atoms with van der Waals surface area (Å²) in [5, 5.41) is 1.86. The van der Waals surface area contributed by atoms with E-state index in [4.69, 9.17) is 4.99 Å². The van der Waals surface area contributed by atoms with Crippen LogP contribution in [-0.4, -0.2) is 73.3 Å². The molecule has 0 atom stereocenters. The van der Waals surface area contributed by atoms with Gasteiger partial charge in [0.05, 0.1) is 5.69 Å². The van der Waals surface area contributed by atoms with Crippen LogP contribution in [0.4, 0.5) is 15.8 Å². The third-order valence-electron chi connectivity index (χ3n) is 6.95. The Morgan fingerprint density at radius 3 is 2.71 bits per heavy atom. The fourth-order valence-electron chi connectivity index (χ4n) is 5.04. The summed E-state index contributed by atoms with van der Waals surface area (Å²) < 4.78 is 13.6. The second-order valence-electron chi connectivity index (χ2n) is 9.92. The molecule has 2 aliphatic rings. The molecule has 7 nitrogen and oxygen atoms in total. The van der Waals surface area contributed by atoms with Crippen molar-refractivity contribution in [2.45, 2.75) is 33.2 Å². The number of nitrogens with one attached hydrogen (secondary N) is 1. The van der Waals surface area contributed by atoms with Gasteiger partial charge in [0.25, 0.3) is 0 Å². The van der Waals surface area contributed by atoms with Crippen molar-refractivity contribution in [1.82, 2.24) is 20.2 Å². The molecule has 1 fully saturated rings. The quantitative estimate of drug-likeness (QED) is 0.502. The summed E-state index contributed by atoms with van der Waals surface area (Å²) in [6.07, 6.45) is 7.96. The van der Waals surface area contributed by atoms with Crippen molar-refractivity contribution in [3.63, 3.8) is 0 Å². The lowest BCUT2D eigenvalue weighted by Gasteiger charge is -2.27. The maximum atomic E-state index is 13.6. The van der Waals surface area contributed by atoms with E-state index in [9.17, 15) is 4.39 Å². The molecule has 2 heterocycles. The van der Waals surface area contributed by atoms with E-state index in [1.165, 1.54) is 32.0 Å². The van der Waals surface area contributed by atoms with Gasteiger partial charge in [-0.05, 0) is 86.9 Å². The SMILES string of the molecule is C=CN1NC=NC(=Nc2ccc(N(C)Cc3cccc(F)c3)c(C)c2)/C1=C\CN1CCCN(CCC)CC1. The number of benzene rings is 2. The molecule has 1 N–H and O–H groups in total. The Morgan fingerprint density at radius 1 is 1.13 bits per heavy atom. The van der Waals surface area contributed by atoms with Gasteiger partial charge in [0.15, 0.2) is 5.84 Å². The number of aryl methyl sites for hydroxylation is 1. The molecule has 2 aromatic rings. The summed E-state index contributed by atoms with van der Waals surface area (Å²) in [6.45, 7) is 15.3. The van der Waals surface area contributed by atoms with Crippen LogP contribution in [0.5, 0.6) is 0 Å². The van der Waals surface area contributed by atoms with Crippen LogP contribution >= 0.6 is 0 Å². The monoisotopic (exact) mass is 517 g/mol. The number of amidine groups is 1. The minimum absolute atomic E-state index is 0.215. The molecule has 0 radical (unpaired) electrons. The first-order chi connectivity index (χ1) is 18.5. The number of hydrazine groups is 1. The van der Waals surface area contributed by atoms with E-state index in [2.05, 4.69) is 63.8 Å². The Kier molecular flexibility index (Phi) is 9.67. The molecule has 0 spiro atoms. The number of rotatable bonds is 9. The minimum Gasteiger partial charge on any atom is -0.370 e. The Labute approximate surface area is 226 Å². The molecule has 0 saturated carbocycles. The second kappa shape index (κ2) is 13.3. The van der Waals surface area contributed by atoms with Gasteiger partial charge in [-0.1, -0.05) is 25.6 Å². The first-order valence-corrected chi connectivity index (χ1v) is 13.5. The van der Waals surface area contributed by atoms with Crippen molar-refractivity contribution in [1.29, 1.82) is 0 Å². The highest BCUT2D eigenvalue weighted by atomic mass is 19.1. The van der Waals surface area contributed by atoms with Crippen LogP contribution in [0.3, 0.4) is 0 Å². The van der Waals surface area contributed by atoms with Gasteiger partial charge in [-0.3, -0.25) is 15.3 Å². The van der Waals surface area contributed by atoms with Gasteiger partial charge in [0.1, 0.15) is 17.9 Å². The Hall–Kier alpha value is -3.49. The molecule has 0 unspecified atom stereocenters. The van der Waals surface area contributed by atoms with Gasteiger partial charge in [0.2, 0.25) is 0 Å². The fourth-order valence-corrected chi connectivity index (χ4v) is 5.04. The average molecular weight is 518 g/mol. The van der Waals surface area contributed by atoms with Crippen LogP contribution in [0.1, 0.15) is 30.9 Å². The lowest BCUT2D eigenvalue weighted by atomic mass is 10.1. The van der Waals surface area contributed by atoms with Crippen molar-refractivity contribution >= 4 is 23.5 Å². The van der Waals surface area contributed by atoms with E-state index in [0.717, 1.165) is 54.4 Å². The molecule has 4 rings (SSSR count). The molecule has 0 bridgehead atoms. The number of hydrogen-bond acceptors (Lipinski definition) is 6. The van der Waals surface area contributed by atoms with Crippen LogP contribution < -0.4 is 10.3 Å². The van der Waals surface area contributed by atoms with E-state index in [-0.39, 0.29) is 5.82 Å². The summed E-state index contributed by atoms with van der Waals surface area (Å²) in [7, 11) is 2.02. The standard InChI is InChI=1S/C30H40FN7/c1-5-14-36-15-8-16-37(19-18-36)17-13-29-30(32-23-33-38(29)6-2)34-27-11-12-28(24(3)20-27)35(4)22-25-9-7-10-26(31)21-25/h6-7,9-13,20-21,23H,2,5,8,14-19,22H2,1,3-4H3,(H,32,33,34)/b29-13+. The summed E-state index contributed by atoms with van der Waals surface area (Å²) in [5.41, 5.74) is 7.96. The molecular weight excluding hydrogens is 477 g/mol. The van der Waals surface area contributed by atoms with Crippen LogP contribution in [0.15, 0.2) is 77.0 Å². The Balaban J connectivity index is 1.49. The summed E-state index contributed by atoms with van der Waals surface area (Å²) in [4.78, 5) is 16.6. The van der Waals surface area contributed by atoms with Crippen molar-refractivity contribution < 1.29 is 4.39 Å². The molecule has 2 aliphatic heterocycles. The average Bonchev–Trinajstić information content (AvgIpc) is 3.13. The number of halogens is 1. The fraction of sp³-hybridized carbons (Fsp3) is 0.400. The number of nitrogens with zero attached hydrogens (tertiary/aromatic N) is 6. The molecule has 0 aromatic heterocycles. The first kappa shape index (κ1) is 27.5. The normalized spacial score (nSPS) is 19.0. The predicted octanol–water partition coefficient (Wildman–Crippen LogP) is 5.09. The molecule has 8 heteroatoms. The van der Waals surface area contributed by atoms with E-state index < -0.39 is 0 Å². The number of anilines is 1. The zero-order chi connectivity index (χ0) is 26.9. The molecule has 38 heavy (non-hydrogen) atoms. The van der Waals surface area contributed by atoms with Crippen molar-refractivity contribution in [2.75, 3.05) is 51.2 Å². The largest absolute Gasteiger partial charge is 0.370 e. The van der Waals surface area contributed by atoms with E-state index in [1.54, 1.807) is 24.7 Å². The number of hydrogen-bond donors (Lipinski definition) is 1. The highest BCUT2D eigenvalue weighted by Gasteiger charge is 2.19. The zero-order valence-corrected chi connectivity index (χ0v) is 22.9. The van der Waals surface area contributed by atoms with Crippen molar-refractivity contribution in [3.05, 3.63) is 84.0 Å². The van der Waals surface area contributed by atoms with Gasteiger partial charge in [-0.2, -0.15) is 0 Å². The maximum absolute atomic E-state index is 13.6. The van der Waals surface area contributed by atoms with Gasteiger partial charge < -0.3 is 9.80 Å². The van der Waals surface area contributed by atoms with Gasteiger partial charge in [0, 0.05) is 45.1 Å². The molecule has 1 saturated heterocycles. The van der Waals surface area contributed by atoms with Crippen molar-refractivity contribution in [2.24, 2.45) is 9.98 Å². The van der Waals surface area contributed by atoms with E-state index in [1.807, 2.05) is 24.2 Å². The third kappa shape index (κ3) is 7.30. The van der Waals surface area contributed by atoms with Crippen LogP contribution in [0, 0.1) is 12.7 Å². The molecule has 202 valence electrons. The van der Waals surface area contributed by atoms with Crippen molar-refractivity contribution in [3.8, 4) is 0 Å². The van der Waals surface area contributed by atoms with Crippen LogP contribution in [0.2, 0.25) is 0 Å². The third-order valence-corrected chi connectivity index (χ3v) is 6.95. The second-order valence-corrected chi connectivity index (χ2v) is 9.92. The first-order valence-electron chi connectivity index (χ1n) is 13.5. The van der Waals surface area contributed by atoms with Gasteiger partial charge in [-0.25, -0.2) is 14.4 Å². The Bertz CT molecular complexity index is 1190. The van der Waals surface area contributed by atoms with Gasteiger partial charge >= 0.3 is 0 Å². The highest BCUT2D eigenvalue weighted by Crippen LogP contribution is 2.27. The maximum Gasteiger partial charge on any atom is 0.179 e.